The van der Waals surface area contributed by atoms with E-state index < -0.39 is 0 Å². The topological polar surface area (TPSA) is 53.1 Å². The number of aromatic nitrogens is 3. The zero-order valence-electron chi connectivity index (χ0n) is 15.0. The maximum atomic E-state index is 5.99. The van der Waals surface area contributed by atoms with Crippen LogP contribution in [0.1, 0.15) is 5.56 Å². The minimum Gasteiger partial charge on any atom is -0.493 e. The lowest BCUT2D eigenvalue weighted by Gasteiger charge is -2.10. The second-order valence-corrected chi connectivity index (χ2v) is 7.51. The average molecular weight is 412 g/mol. The Kier molecular flexibility index (Phi) is 5.99. The van der Waals surface area contributed by atoms with Crippen LogP contribution in [-0.2, 0) is 6.54 Å². The molecule has 7 heteroatoms. The highest BCUT2D eigenvalue weighted by molar-refractivity contribution is 7.99. The van der Waals surface area contributed by atoms with Gasteiger partial charge in [0.15, 0.2) is 10.9 Å². The van der Waals surface area contributed by atoms with Crippen molar-refractivity contribution in [2.45, 2.75) is 11.7 Å². The molecule has 0 atom stereocenters. The fraction of sp³-hybridized carbons (Fsp3) is 0.143. The van der Waals surface area contributed by atoms with Gasteiger partial charge in [0, 0.05) is 10.8 Å². The first-order valence-electron chi connectivity index (χ1n) is 8.82. The number of ether oxygens (including phenoxy) is 1. The zero-order chi connectivity index (χ0) is 19.2. The van der Waals surface area contributed by atoms with Crippen LogP contribution in [0.4, 0.5) is 0 Å². The minimum atomic E-state index is 0.541. The van der Waals surface area contributed by atoms with E-state index in [4.69, 9.17) is 20.8 Å². The quantitative estimate of drug-likeness (QED) is 0.286. The third-order valence-corrected chi connectivity index (χ3v) is 5.19. The normalized spacial score (nSPS) is 10.9. The van der Waals surface area contributed by atoms with E-state index >= 15 is 0 Å². The molecular weight excluding hydrogens is 394 g/mol. The van der Waals surface area contributed by atoms with E-state index in [0.717, 1.165) is 16.7 Å². The van der Waals surface area contributed by atoms with Gasteiger partial charge in [-0.3, -0.25) is 4.57 Å². The Labute approximate surface area is 172 Å². The molecule has 5 nitrogen and oxygen atoms in total. The standard InChI is InChI=1S/C21H18ClN3O2S/c22-17-8-4-9-18(14-17)26-12-13-28-21-24-23-20(19-10-5-11-27-19)25(21)15-16-6-2-1-3-7-16/h1-11,14H,12-13,15H2. The molecule has 4 rings (SSSR count). The molecular formula is C21H18ClN3O2S. The molecule has 4 aromatic rings. The highest BCUT2D eigenvalue weighted by Crippen LogP contribution is 2.26. The molecule has 2 heterocycles. The third kappa shape index (κ3) is 4.58. The molecule has 0 bridgehead atoms. The van der Waals surface area contributed by atoms with Gasteiger partial charge in [-0.05, 0) is 35.9 Å². The Hall–Kier alpha value is -2.70. The summed E-state index contributed by atoms with van der Waals surface area (Å²) in [5, 5.41) is 10.2. The van der Waals surface area contributed by atoms with E-state index in [2.05, 4.69) is 26.9 Å². The maximum absolute atomic E-state index is 5.99. The highest BCUT2D eigenvalue weighted by Gasteiger charge is 2.16. The molecule has 0 aliphatic rings. The molecule has 0 saturated carbocycles. The van der Waals surface area contributed by atoms with Gasteiger partial charge in [0.1, 0.15) is 5.75 Å². The maximum Gasteiger partial charge on any atom is 0.200 e. The first-order valence-corrected chi connectivity index (χ1v) is 10.2. The van der Waals surface area contributed by atoms with Crippen molar-refractivity contribution < 1.29 is 9.15 Å². The summed E-state index contributed by atoms with van der Waals surface area (Å²) in [6.45, 7) is 1.21. The van der Waals surface area contributed by atoms with Crippen LogP contribution >= 0.6 is 23.4 Å². The van der Waals surface area contributed by atoms with Crippen molar-refractivity contribution in [3.8, 4) is 17.3 Å². The Balaban J connectivity index is 1.47. The van der Waals surface area contributed by atoms with E-state index in [0.29, 0.717) is 29.8 Å². The molecule has 0 saturated heterocycles. The van der Waals surface area contributed by atoms with E-state index in [1.165, 1.54) is 5.56 Å². The van der Waals surface area contributed by atoms with E-state index in [-0.39, 0.29) is 0 Å². The summed E-state index contributed by atoms with van der Waals surface area (Å²) >= 11 is 7.58. The van der Waals surface area contributed by atoms with E-state index in [1.807, 2.05) is 48.5 Å². The van der Waals surface area contributed by atoms with Gasteiger partial charge in [-0.25, -0.2) is 0 Å². The molecule has 0 aliphatic carbocycles. The second-order valence-electron chi connectivity index (χ2n) is 6.01. The summed E-state index contributed by atoms with van der Waals surface area (Å²) in [5.41, 5.74) is 1.17. The Morgan fingerprint density at radius 1 is 1.00 bits per heavy atom. The van der Waals surface area contributed by atoms with Crippen molar-refractivity contribution >= 4 is 23.4 Å². The Morgan fingerprint density at radius 3 is 2.68 bits per heavy atom. The van der Waals surface area contributed by atoms with Crippen molar-refractivity contribution in [3.05, 3.63) is 83.6 Å². The van der Waals surface area contributed by atoms with Crippen LogP contribution in [0.25, 0.3) is 11.6 Å². The molecule has 2 aromatic heterocycles. The summed E-state index contributed by atoms with van der Waals surface area (Å²) in [4.78, 5) is 0. The van der Waals surface area contributed by atoms with Gasteiger partial charge < -0.3 is 9.15 Å². The first kappa shape index (κ1) is 18.7. The lowest BCUT2D eigenvalue weighted by atomic mass is 10.2. The van der Waals surface area contributed by atoms with Crippen LogP contribution in [0.2, 0.25) is 5.02 Å². The number of thioether (sulfide) groups is 1. The van der Waals surface area contributed by atoms with Crippen LogP contribution in [0.5, 0.6) is 5.75 Å². The van der Waals surface area contributed by atoms with Crippen LogP contribution in [0, 0.1) is 0 Å². The van der Waals surface area contributed by atoms with Gasteiger partial charge in [0.05, 0.1) is 19.4 Å². The van der Waals surface area contributed by atoms with Gasteiger partial charge in [0.2, 0.25) is 5.82 Å². The summed E-state index contributed by atoms with van der Waals surface area (Å²) in [6, 6.07) is 21.4. The van der Waals surface area contributed by atoms with E-state index in [1.54, 1.807) is 24.1 Å². The van der Waals surface area contributed by atoms with Gasteiger partial charge in [-0.2, -0.15) is 0 Å². The number of halogens is 1. The summed E-state index contributed by atoms with van der Waals surface area (Å²) in [7, 11) is 0. The third-order valence-electron chi connectivity index (χ3n) is 4.02. The zero-order valence-corrected chi connectivity index (χ0v) is 16.6. The fourth-order valence-corrected chi connectivity index (χ4v) is 3.68. The monoisotopic (exact) mass is 411 g/mol. The number of nitrogens with zero attached hydrogens (tertiary/aromatic N) is 3. The number of hydrogen-bond acceptors (Lipinski definition) is 5. The first-order chi connectivity index (χ1) is 13.8. The van der Waals surface area contributed by atoms with Gasteiger partial charge in [-0.15, -0.1) is 10.2 Å². The van der Waals surface area contributed by atoms with Crippen molar-refractivity contribution in [2.75, 3.05) is 12.4 Å². The molecule has 142 valence electrons. The SMILES string of the molecule is Clc1cccc(OCCSc2nnc(-c3ccco3)n2Cc2ccccc2)c1. The number of furan rings is 1. The summed E-state index contributed by atoms with van der Waals surface area (Å²) < 4.78 is 13.4. The van der Waals surface area contributed by atoms with Crippen LogP contribution in [-0.4, -0.2) is 27.1 Å². The molecule has 28 heavy (non-hydrogen) atoms. The number of benzene rings is 2. The van der Waals surface area contributed by atoms with Gasteiger partial charge >= 0.3 is 0 Å². The molecule has 0 unspecified atom stereocenters. The molecule has 0 N–H and O–H groups in total. The van der Waals surface area contributed by atoms with Crippen LogP contribution in [0.3, 0.4) is 0 Å². The molecule has 0 fully saturated rings. The van der Waals surface area contributed by atoms with Crippen molar-refractivity contribution in [1.29, 1.82) is 0 Å². The second kappa shape index (κ2) is 8.99. The van der Waals surface area contributed by atoms with Crippen molar-refractivity contribution in [3.63, 3.8) is 0 Å². The fourth-order valence-electron chi connectivity index (χ4n) is 2.74. The molecule has 0 spiro atoms. The van der Waals surface area contributed by atoms with Crippen molar-refractivity contribution in [1.82, 2.24) is 14.8 Å². The molecule has 2 aromatic carbocycles. The molecule has 0 aliphatic heterocycles. The predicted molar refractivity (Wildman–Crippen MR) is 111 cm³/mol. The van der Waals surface area contributed by atoms with Gasteiger partial charge in [0.25, 0.3) is 0 Å². The Morgan fingerprint density at radius 2 is 1.89 bits per heavy atom. The Bertz CT molecular complexity index is 1020. The smallest absolute Gasteiger partial charge is 0.200 e. The molecule has 0 radical (unpaired) electrons. The lowest BCUT2D eigenvalue weighted by molar-refractivity contribution is 0.344. The average Bonchev–Trinajstić information content (AvgIpc) is 3.36. The van der Waals surface area contributed by atoms with E-state index in [9.17, 15) is 0 Å². The largest absolute Gasteiger partial charge is 0.493 e. The highest BCUT2D eigenvalue weighted by atomic mass is 35.5. The molecule has 0 amide bonds. The van der Waals surface area contributed by atoms with Crippen LogP contribution in [0.15, 0.2) is 82.6 Å². The summed E-state index contributed by atoms with van der Waals surface area (Å²) in [6.07, 6.45) is 1.64. The minimum absolute atomic E-state index is 0.541. The van der Waals surface area contributed by atoms with Crippen LogP contribution < -0.4 is 4.74 Å². The lowest BCUT2D eigenvalue weighted by Crippen LogP contribution is -2.06. The predicted octanol–water partition coefficient (Wildman–Crippen LogP) is 5.41. The van der Waals surface area contributed by atoms with Gasteiger partial charge in [-0.1, -0.05) is 59.8 Å². The summed E-state index contributed by atoms with van der Waals surface area (Å²) in [5.74, 6) is 2.91. The van der Waals surface area contributed by atoms with Crippen molar-refractivity contribution in [2.24, 2.45) is 0 Å². The number of hydrogen-bond donors (Lipinski definition) is 0. The number of rotatable bonds is 8.